The zero-order valence-corrected chi connectivity index (χ0v) is 14.4. The summed E-state index contributed by atoms with van der Waals surface area (Å²) in [6.45, 7) is 1.71. The quantitative estimate of drug-likeness (QED) is 0.446. The number of hydrogen-bond acceptors (Lipinski definition) is 3. The molecule has 3 rings (SSSR count). The maximum Gasteiger partial charge on any atom is 0.573 e. The Hall–Kier alpha value is -3.28. The van der Waals surface area contributed by atoms with Gasteiger partial charge in [-0.2, -0.15) is 0 Å². The van der Waals surface area contributed by atoms with Gasteiger partial charge in [0.2, 0.25) is 0 Å². The molecule has 27 heavy (non-hydrogen) atoms. The van der Waals surface area contributed by atoms with Gasteiger partial charge in [-0.25, -0.2) is 0 Å². The molecule has 6 heteroatoms. The lowest BCUT2D eigenvalue weighted by Crippen LogP contribution is -2.17. The SMILES string of the molecule is C/C(=C\C(=O)c1ccc2ccccc2c1)Nc1ccc(OC(F)(F)F)cc1. The smallest absolute Gasteiger partial charge is 0.406 e. The first-order chi connectivity index (χ1) is 12.8. The van der Waals surface area contributed by atoms with Gasteiger partial charge in [0.25, 0.3) is 0 Å². The number of ether oxygens (including phenoxy) is 1. The minimum atomic E-state index is -4.73. The molecular formula is C21H16F3NO2. The van der Waals surface area contributed by atoms with Crippen LogP contribution < -0.4 is 10.1 Å². The monoisotopic (exact) mass is 371 g/mol. The van der Waals surface area contributed by atoms with Crippen LogP contribution in [-0.4, -0.2) is 12.1 Å². The van der Waals surface area contributed by atoms with Gasteiger partial charge in [0.05, 0.1) is 0 Å². The van der Waals surface area contributed by atoms with Gasteiger partial charge in [-0.1, -0.05) is 36.4 Å². The number of hydrogen-bond donors (Lipinski definition) is 1. The summed E-state index contributed by atoms with van der Waals surface area (Å²) >= 11 is 0. The summed E-state index contributed by atoms with van der Waals surface area (Å²) in [6.07, 6.45) is -3.28. The summed E-state index contributed by atoms with van der Waals surface area (Å²) in [7, 11) is 0. The molecule has 138 valence electrons. The standard InChI is InChI=1S/C21H16F3NO2/c1-14(25-18-8-10-19(11-9-18)27-21(22,23)24)12-20(26)17-7-6-15-4-2-3-5-16(15)13-17/h2-13,25H,1H3/b14-12+. The minimum absolute atomic E-state index is 0.164. The second-order valence-electron chi connectivity index (χ2n) is 5.95. The van der Waals surface area contributed by atoms with Crippen molar-refractivity contribution < 1.29 is 22.7 Å². The van der Waals surface area contributed by atoms with Crippen molar-refractivity contribution in [3.8, 4) is 5.75 Å². The molecule has 0 spiro atoms. The largest absolute Gasteiger partial charge is 0.573 e. The van der Waals surface area contributed by atoms with E-state index >= 15 is 0 Å². The third-order valence-electron chi connectivity index (χ3n) is 3.81. The summed E-state index contributed by atoms with van der Waals surface area (Å²) < 4.78 is 40.3. The Balaban J connectivity index is 1.69. The van der Waals surface area contributed by atoms with E-state index in [0.29, 0.717) is 16.9 Å². The molecular weight excluding hydrogens is 355 g/mol. The molecule has 0 atom stereocenters. The van der Waals surface area contributed by atoms with Crippen molar-refractivity contribution in [2.24, 2.45) is 0 Å². The zero-order valence-electron chi connectivity index (χ0n) is 14.4. The van der Waals surface area contributed by atoms with Crippen LogP contribution in [0.2, 0.25) is 0 Å². The van der Waals surface area contributed by atoms with E-state index in [1.54, 1.807) is 13.0 Å². The molecule has 0 fully saturated rings. The van der Waals surface area contributed by atoms with Crippen LogP contribution in [0.25, 0.3) is 10.8 Å². The number of fused-ring (bicyclic) bond motifs is 1. The van der Waals surface area contributed by atoms with Crippen molar-refractivity contribution >= 4 is 22.2 Å². The summed E-state index contributed by atoms with van der Waals surface area (Å²) in [5.41, 5.74) is 1.67. The van der Waals surface area contributed by atoms with E-state index in [0.717, 1.165) is 10.8 Å². The summed E-state index contributed by atoms with van der Waals surface area (Å²) in [4.78, 5) is 12.4. The maximum atomic E-state index is 12.4. The number of allylic oxidation sites excluding steroid dienone is 2. The van der Waals surface area contributed by atoms with Gasteiger partial charge in [-0.15, -0.1) is 13.2 Å². The third-order valence-corrected chi connectivity index (χ3v) is 3.81. The number of benzene rings is 3. The third kappa shape index (κ3) is 5.10. The molecule has 0 bridgehead atoms. The van der Waals surface area contributed by atoms with Crippen LogP contribution in [0.1, 0.15) is 17.3 Å². The Bertz CT molecular complexity index is 992. The number of alkyl halides is 3. The Morgan fingerprint density at radius 2 is 1.63 bits per heavy atom. The van der Waals surface area contributed by atoms with E-state index in [9.17, 15) is 18.0 Å². The second kappa shape index (κ2) is 7.53. The highest BCUT2D eigenvalue weighted by Gasteiger charge is 2.30. The van der Waals surface area contributed by atoms with Crippen LogP contribution >= 0.6 is 0 Å². The Morgan fingerprint density at radius 1 is 0.963 bits per heavy atom. The van der Waals surface area contributed by atoms with Gasteiger partial charge in [0, 0.05) is 23.0 Å². The molecule has 0 amide bonds. The van der Waals surface area contributed by atoms with E-state index in [2.05, 4.69) is 10.1 Å². The number of carbonyl (C=O) groups excluding carboxylic acids is 1. The highest BCUT2D eigenvalue weighted by Crippen LogP contribution is 2.24. The second-order valence-corrected chi connectivity index (χ2v) is 5.95. The zero-order chi connectivity index (χ0) is 19.4. The van der Waals surface area contributed by atoms with Gasteiger partial charge >= 0.3 is 6.36 Å². The molecule has 0 aliphatic heterocycles. The molecule has 0 heterocycles. The average Bonchev–Trinajstić information content (AvgIpc) is 2.61. The molecule has 3 nitrogen and oxygen atoms in total. The highest BCUT2D eigenvalue weighted by atomic mass is 19.4. The normalized spacial score (nSPS) is 12.1. The maximum absolute atomic E-state index is 12.4. The first-order valence-electron chi connectivity index (χ1n) is 8.14. The van der Waals surface area contributed by atoms with Gasteiger partial charge < -0.3 is 10.1 Å². The van der Waals surface area contributed by atoms with E-state index in [-0.39, 0.29) is 11.5 Å². The Morgan fingerprint density at radius 3 is 2.30 bits per heavy atom. The molecule has 0 aliphatic carbocycles. The fourth-order valence-corrected chi connectivity index (χ4v) is 2.63. The van der Waals surface area contributed by atoms with Crippen LogP contribution in [0.3, 0.4) is 0 Å². The molecule has 0 aliphatic rings. The fraction of sp³-hybridized carbons (Fsp3) is 0.0952. The Labute approximate surface area is 154 Å². The first kappa shape index (κ1) is 18.5. The van der Waals surface area contributed by atoms with E-state index < -0.39 is 6.36 Å². The predicted molar refractivity (Wildman–Crippen MR) is 98.8 cm³/mol. The van der Waals surface area contributed by atoms with E-state index in [4.69, 9.17) is 0 Å². The van der Waals surface area contributed by atoms with Crippen molar-refractivity contribution in [2.45, 2.75) is 13.3 Å². The van der Waals surface area contributed by atoms with E-state index in [1.165, 1.54) is 30.3 Å². The number of ketones is 1. The van der Waals surface area contributed by atoms with Crippen molar-refractivity contribution in [1.82, 2.24) is 0 Å². The Kier molecular flexibility index (Phi) is 5.16. The van der Waals surface area contributed by atoms with Gasteiger partial charge in [-0.3, -0.25) is 4.79 Å². The van der Waals surface area contributed by atoms with Crippen molar-refractivity contribution in [3.05, 3.63) is 84.1 Å². The molecule has 0 saturated heterocycles. The topological polar surface area (TPSA) is 38.3 Å². The molecule has 3 aromatic carbocycles. The van der Waals surface area contributed by atoms with Gasteiger partial charge in [0.1, 0.15) is 5.75 Å². The van der Waals surface area contributed by atoms with Crippen LogP contribution in [-0.2, 0) is 0 Å². The number of anilines is 1. The van der Waals surface area contributed by atoms with Crippen LogP contribution in [0.15, 0.2) is 78.5 Å². The van der Waals surface area contributed by atoms with Crippen LogP contribution in [0, 0.1) is 0 Å². The molecule has 1 N–H and O–H groups in total. The van der Waals surface area contributed by atoms with Gasteiger partial charge in [-0.05, 0) is 48.0 Å². The summed E-state index contributed by atoms with van der Waals surface area (Å²) in [5.74, 6) is -0.468. The van der Waals surface area contributed by atoms with Crippen LogP contribution in [0.4, 0.5) is 18.9 Å². The molecule has 0 aromatic heterocycles. The average molecular weight is 371 g/mol. The van der Waals surface area contributed by atoms with Crippen molar-refractivity contribution in [2.75, 3.05) is 5.32 Å². The van der Waals surface area contributed by atoms with E-state index in [1.807, 2.05) is 36.4 Å². The number of halogens is 3. The lowest BCUT2D eigenvalue weighted by Gasteiger charge is -2.10. The van der Waals surface area contributed by atoms with Crippen LogP contribution in [0.5, 0.6) is 5.75 Å². The number of nitrogens with one attached hydrogen (secondary N) is 1. The molecule has 0 radical (unpaired) electrons. The highest BCUT2D eigenvalue weighted by molar-refractivity contribution is 6.07. The number of carbonyl (C=O) groups is 1. The number of rotatable bonds is 5. The predicted octanol–water partition coefficient (Wildman–Crippen LogP) is 5.94. The van der Waals surface area contributed by atoms with Crippen molar-refractivity contribution in [1.29, 1.82) is 0 Å². The first-order valence-corrected chi connectivity index (χ1v) is 8.14. The molecule has 0 unspecified atom stereocenters. The van der Waals surface area contributed by atoms with Crippen molar-refractivity contribution in [3.63, 3.8) is 0 Å². The molecule has 3 aromatic rings. The molecule has 0 saturated carbocycles. The summed E-state index contributed by atoms with van der Waals surface area (Å²) in [5, 5.41) is 5.00. The summed E-state index contributed by atoms with van der Waals surface area (Å²) in [6, 6.07) is 18.5. The minimum Gasteiger partial charge on any atom is -0.406 e. The fourth-order valence-electron chi connectivity index (χ4n) is 2.63. The lowest BCUT2D eigenvalue weighted by atomic mass is 10.0. The lowest BCUT2D eigenvalue weighted by molar-refractivity contribution is -0.274. The van der Waals surface area contributed by atoms with Gasteiger partial charge in [0.15, 0.2) is 5.78 Å².